The smallest absolute Gasteiger partial charge is 0.227 e. The molecule has 1 heterocycles. The summed E-state index contributed by atoms with van der Waals surface area (Å²) >= 11 is 5.84. The molecule has 1 amide bonds. The van der Waals surface area contributed by atoms with Gasteiger partial charge >= 0.3 is 0 Å². The molecule has 1 N–H and O–H groups in total. The van der Waals surface area contributed by atoms with Gasteiger partial charge in [-0.3, -0.25) is 4.79 Å². The van der Waals surface area contributed by atoms with E-state index in [1.807, 2.05) is 0 Å². The van der Waals surface area contributed by atoms with Crippen LogP contribution in [-0.4, -0.2) is 30.4 Å². The van der Waals surface area contributed by atoms with Crippen LogP contribution in [-0.2, 0) is 4.79 Å². The summed E-state index contributed by atoms with van der Waals surface area (Å²) in [4.78, 5) is 14.9. The van der Waals surface area contributed by atoms with Crippen molar-refractivity contribution < 1.29 is 9.18 Å². The van der Waals surface area contributed by atoms with Crippen LogP contribution >= 0.6 is 11.6 Å². The normalized spacial score (nSPS) is 23.9. The van der Waals surface area contributed by atoms with Gasteiger partial charge in [0.2, 0.25) is 5.91 Å². The van der Waals surface area contributed by atoms with E-state index < -0.39 is 5.82 Å². The molecule has 3 fully saturated rings. The number of likely N-dealkylation sites (tertiary alicyclic amines) is 1. The SMILES string of the molecule is N#CC1(CN2CC3(CCC(C(=O)Nc4cc(F)cc(Cl)c4)CC3)C2)CC1. The Bertz CT molecular complexity index is 735. The molecule has 0 radical (unpaired) electrons. The lowest BCUT2D eigenvalue weighted by Gasteiger charge is -2.54. The number of carbonyl (C=O) groups excluding carboxylic acids is 1. The Kier molecular flexibility index (Phi) is 4.45. The van der Waals surface area contributed by atoms with Gasteiger partial charge < -0.3 is 10.2 Å². The maximum absolute atomic E-state index is 13.4. The first-order valence-corrected chi connectivity index (χ1v) is 9.69. The molecule has 26 heavy (non-hydrogen) atoms. The van der Waals surface area contributed by atoms with Gasteiger partial charge in [-0.25, -0.2) is 4.39 Å². The van der Waals surface area contributed by atoms with E-state index >= 15 is 0 Å². The highest BCUT2D eigenvalue weighted by molar-refractivity contribution is 6.30. The van der Waals surface area contributed by atoms with Crippen molar-refractivity contribution >= 4 is 23.2 Å². The number of rotatable bonds is 4. The molecular weight excluding hydrogens is 353 g/mol. The first-order chi connectivity index (χ1) is 12.4. The van der Waals surface area contributed by atoms with Gasteiger partial charge in [0.25, 0.3) is 0 Å². The predicted octanol–water partition coefficient (Wildman–Crippen LogP) is 4.21. The lowest BCUT2D eigenvalue weighted by Crippen LogP contribution is -2.59. The van der Waals surface area contributed by atoms with E-state index in [-0.39, 0.29) is 22.3 Å². The molecule has 2 saturated carbocycles. The Morgan fingerprint density at radius 1 is 1.27 bits per heavy atom. The van der Waals surface area contributed by atoms with Crippen molar-refractivity contribution in [3.05, 3.63) is 29.0 Å². The fraction of sp³-hybridized carbons (Fsp3) is 0.600. The number of halogens is 2. The second kappa shape index (κ2) is 6.51. The zero-order valence-electron chi connectivity index (χ0n) is 14.7. The Morgan fingerprint density at radius 2 is 1.96 bits per heavy atom. The predicted molar refractivity (Wildman–Crippen MR) is 98.2 cm³/mol. The van der Waals surface area contributed by atoms with Gasteiger partial charge in [-0.15, -0.1) is 0 Å². The van der Waals surface area contributed by atoms with Crippen LogP contribution in [0.3, 0.4) is 0 Å². The Morgan fingerprint density at radius 3 is 2.54 bits per heavy atom. The first-order valence-electron chi connectivity index (χ1n) is 9.32. The average Bonchev–Trinajstić information content (AvgIpc) is 3.33. The zero-order chi connectivity index (χ0) is 18.4. The third-order valence-corrected chi connectivity index (χ3v) is 6.50. The van der Waals surface area contributed by atoms with Crippen LogP contribution in [0.2, 0.25) is 5.02 Å². The number of nitrogens with one attached hydrogen (secondary N) is 1. The summed E-state index contributed by atoms with van der Waals surface area (Å²) in [6.45, 7) is 3.03. The summed E-state index contributed by atoms with van der Waals surface area (Å²) in [6.07, 6.45) is 5.91. The molecule has 138 valence electrons. The molecule has 0 bridgehead atoms. The largest absolute Gasteiger partial charge is 0.326 e. The summed E-state index contributed by atoms with van der Waals surface area (Å²) in [5, 5.41) is 12.3. The molecule has 0 aromatic heterocycles. The fourth-order valence-electron chi connectivity index (χ4n) is 4.58. The maximum Gasteiger partial charge on any atom is 0.227 e. The van der Waals surface area contributed by atoms with Crippen LogP contribution in [0.25, 0.3) is 0 Å². The maximum atomic E-state index is 13.4. The highest BCUT2D eigenvalue weighted by Gasteiger charge is 2.51. The van der Waals surface area contributed by atoms with Crippen molar-refractivity contribution in [1.29, 1.82) is 5.26 Å². The lowest BCUT2D eigenvalue weighted by atomic mass is 9.65. The number of amides is 1. The highest BCUT2D eigenvalue weighted by Crippen LogP contribution is 2.51. The van der Waals surface area contributed by atoms with E-state index in [0.717, 1.165) is 58.2 Å². The third kappa shape index (κ3) is 3.58. The molecule has 0 atom stereocenters. The van der Waals surface area contributed by atoms with Crippen molar-refractivity contribution in [2.45, 2.75) is 38.5 Å². The van der Waals surface area contributed by atoms with E-state index in [4.69, 9.17) is 11.6 Å². The van der Waals surface area contributed by atoms with Gasteiger partial charge in [0.05, 0.1) is 11.5 Å². The Labute approximate surface area is 158 Å². The van der Waals surface area contributed by atoms with Crippen LogP contribution in [0.5, 0.6) is 0 Å². The van der Waals surface area contributed by atoms with E-state index in [0.29, 0.717) is 11.1 Å². The minimum atomic E-state index is -0.448. The summed E-state index contributed by atoms with van der Waals surface area (Å²) in [6, 6.07) is 6.55. The summed E-state index contributed by atoms with van der Waals surface area (Å²) < 4.78 is 13.4. The molecule has 0 unspecified atom stereocenters. The lowest BCUT2D eigenvalue weighted by molar-refractivity contribution is -0.123. The molecule has 1 saturated heterocycles. The monoisotopic (exact) mass is 375 g/mol. The molecule has 2 aliphatic carbocycles. The van der Waals surface area contributed by atoms with E-state index in [9.17, 15) is 14.4 Å². The molecular formula is C20H23ClFN3O. The minimum absolute atomic E-state index is 0.0226. The summed E-state index contributed by atoms with van der Waals surface area (Å²) in [7, 11) is 0. The van der Waals surface area contributed by atoms with Crippen LogP contribution in [0, 0.1) is 33.9 Å². The van der Waals surface area contributed by atoms with Gasteiger partial charge in [-0.1, -0.05) is 11.6 Å². The molecule has 1 spiro atoms. The van der Waals surface area contributed by atoms with Crippen molar-refractivity contribution in [3.63, 3.8) is 0 Å². The number of anilines is 1. The van der Waals surface area contributed by atoms with Crippen LogP contribution in [0.15, 0.2) is 18.2 Å². The number of benzene rings is 1. The topological polar surface area (TPSA) is 56.1 Å². The highest BCUT2D eigenvalue weighted by atomic mass is 35.5. The number of hydrogen-bond acceptors (Lipinski definition) is 3. The number of carbonyl (C=O) groups is 1. The minimum Gasteiger partial charge on any atom is -0.326 e. The number of hydrogen-bond donors (Lipinski definition) is 1. The van der Waals surface area contributed by atoms with Gasteiger partial charge in [0, 0.05) is 36.3 Å². The van der Waals surface area contributed by atoms with Crippen molar-refractivity contribution in [2.24, 2.45) is 16.7 Å². The molecule has 6 heteroatoms. The third-order valence-electron chi connectivity index (χ3n) is 6.28. The molecule has 1 aliphatic heterocycles. The number of nitrogens with zero attached hydrogens (tertiary/aromatic N) is 2. The molecule has 1 aromatic carbocycles. The average molecular weight is 376 g/mol. The molecule has 3 aliphatic rings. The Hall–Kier alpha value is -1.64. The summed E-state index contributed by atoms with van der Waals surface area (Å²) in [5.74, 6) is -0.513. The van der Waals surface area contributed by atoms with Crippen LogP contribution < -0.4 is 5.32 Å². The molecule has 4 nitrogen and oxygen atoms in total. The van der Waals surface area contributed by atoms with Crippen LogP contribution in [0.1, 0.15) is 38.5 Å². The number of nitriles is 1. The molecule has 4 rings (SSSR count). The van der Waals surface area contributed by atoms with Crippen LogP contribution in [0.4, 0.5) is 10.1 Å². The van der Waals surface area contributed by atoms with Crippen molar-refractivity contribution in [1.82, 2.24) is 4.90 Å². The first kappa shape index (κ1) is 17.8. The van der Waals surface area contributed by atoms with Crippen molar-refractivity contribution in [2.75, 3.05) is 25.0 Å². The van der Waals surface area contributed by atoms with Gasteiger partial charge in [0.1, 0.15) is 5.82 Å². The van der Waals surface area contributed by atoms with Crippen molar-refractivity contribution in [3.8, 4) is 6.07 Å². The van der Waals surface area contributed by atoms with E-state index in [2.05, 4.69) is 16.3 Å². The van der Waals surface area contributed by atoms with Gasteiger partial charge in [0.15, 0.2) is 0 Å². The van der Waals surface area contributed by atoms with Gasteiger partial charge in [-0.2, -0.15) is 5.26 Å². The second-order valence-corrected chi connectivity index (χ2v) is 8.90. The van der Waals surface area contributed by atoms with E-state index in [1.165, 1.54) is 12.1 Å². The zero-order valence-corrected chi connectivity index (χ0v) is 15.5. The molecule has 1 aromatic rings. The Balaban J connectivity index is 1.26. The van der Waals surface area contributed by atoms with Gasteiger partial charge in [-0.05, 0) is 62.1 Å². The van der Waals surface area contributed by atoms with E-state index in [1.54, 1.807) is 6.07 Å². The fourth-order valence-corrected chi connectivity index (χ4v) is 4.80. The summed E-state index contributed by atoms with van der Waals surface area (Å²) in [5.41, 5.74) is 0.691. The quantitative estimate of drug-likeness (QED) is 0.857. The standard InChI is InChI=1S/C20H23ClFN3O/c21-15-7-16(22)9-17(8-15)24-18(26)14-1-3-20(4-2-14)12-25(13-20)11-19(10-23)5-6-19/h7-9,14H,1-6,11-13H2,(H,24,26). The second-order valence-electron chi connectivity index (χ2n) is 8.46.